The highest BCUT2D eigenvalue weighted by Crippen LogP contribution is 2.24. The summed E-state index contributed by atoms with van der Waals surface area (Å²) in [5.74, 6) is -0.0272. The minimum absolute atomic E-state index is 0.0173. The molecule has 24 heavy (non-hydrogen) atoms. The van der Waals surface area contributed by atoms with Crippen LogP contribution < -0.4 is 0 Å². The van der Waals surface area contributed by atoms with Crippen LogP contribution in [0.5, 0.6) is 0 Å². The van der Waals surface area contributed by atoms with Gasteiger partial charge in [-0.2, -0.15) is 0 Å². The standard InChI is InChI=1S/C19H22FN3O/c1-15(17-4-2-3-5-18(17)20)22-10-12-23(13-11-22)19(24)14-16-6-8-21-9-7-16/h2-9,15H,10-14H2,1H3. The third-order valence-corrected chi connectivity index (χ3v) is 4.67. The molecule has 0 N–H and O–H groups in total. The molecule has 1 aliphatic rings. The Morgan fingerprint density at radius 2 is 1.79 bits per heavy atom. The van der Waals surface area contributed by atoms with Gasteiger partial charge in [-0.3, -0.25) is 14.7 Å². The molecule has 3 rings (SSSR count). The lowest BCUT2D eigenvalue weighted by Crippen LogP contribution is -2.49. The molecule has 5 heteroatoms. The van der Waals surface area contributed by atoms with Crippen molar-refractivity contribution in [1.82, 2.24) is 14.8 Å². The van der Waals surface area contributed by atoms with Gasteiger partial charge in [-0.1, -0.05) is 18.2 Å². The molecule has 0 spiro atoms. The number of carbonyl (C=O) groups is 1. The van der Waals surface area contributed by atoms with Gasteiger partial charge in [0.15, 0.2) is 0 Å². The molecular weight excluding hydrogens is 305 g/mol. The van der Waals surface area contributed by atoms with Crippen LogP contribution in [0.2, 0.25) is 0 Å². The van der Waals surface area contributed by atoms with Crippen molar-refractivity contribution in [3.05, 3.63) is 65.7 Å². The number of piperazine rings is 1. The smallest absolute Gasteiger partial charge is 0.227 e. The maximum absolute atomic E-state index is 13.9. The molecule has 1 atom stereocenters. The number of carbonyl (C=O) groups excluding carboxylic acids is 1. The summed E-state index contributed by atoms with van der Waals surface area (Å²) >= 11 is 0. The number of pyridine rings is 1. The lowest BCUT2D eigenvalue weighted by atomic mass is 10.1. The summed E-state index contributed by atoms with van der Waals surface area (Å²) in [6.07, 6.45) is 3.82. The largest absolute Gasteiger partial charge is 0.340 e. The molecule has 1 aliphatic heterocycles. The first-order valence-electron chi connectivity index (χ1n) is 8.30. The van der Waals surface area contributed by atoms with E-state index in [0.29, 0.717) is 25.1 Å². The predicted molar refractivity (Wildman–Crippen MR) is 90.9 cm³/mol. The number of benzene rings is 1. The number of rotatable bonds is 4. The third kappa shape index (κ3) is 3.79. The fraction of sp³-hybridized carbons (Fsp3) is 0.368. The highest BCUT2D eigenvalue weighted by Gasteiger charge is 2.25. The van der Waals surface area contributed by atoms with Crippen molar-refractivity contribution >= 4 is 5.91 Å². The Labute approximate surface area is 141 Å². The highest BCUT2D eigenvalue weighted by molar-refractivity contribution is 5.78. The van der Waals surface area contributed by atoms with Crippen LogP contribution in [0.15, 0.2) is 48.8 Å². The molecule has 1 fully saturated rings. The van der Waals surface area contributed by atoms with E-state index < -0.39 is 0 Å². The SMILES string of the molecule is CC(c1ccccc1F)N1CCN(C(=O)Cc2ccncc2)CC1. The Hall–Kier alpha value is -2.27. The summed E-state index contributed by atoms with van der Waals surface area (Å²) in [5.41, 5.74) is 1.70. The number of halogens is 1. The van der Waals surface area contributed by atoms with Crippen molar-refractivity contribution in [1.29, 1.82) is 0 Å². The Bertz CT molecular complexity index is 684. The fourth-order valence-electron chi connectivity index (χ4n) is 3.16. The zero-order valence-electron chi connectivity index (χ0n) is 13.9. The van der Waals surface area contributed by atoms with Gasteiger partial charge in [-0.15, -0.1) is 0 Å². The highest BCUT2D eigenvalue weighted by atomic mass is 19.1. The van der Waals surface area contributed by atoms with Gasteiger partial charge in [0.05, 0.1) is 6.42 Å². The van der Waals surface area contributed by atoms with Gasteiger partial charge in [0.1, 0.15) is 5.82 Å². The average Bonchev–Trinajstić information content (AvgIpc) is 2.62. The summed E-state index contributed by atoms with van der Waals surface area (Å²) in [6, 6.07) is 10.7. The third-order valence-electron chi connectivity index (χ3n) is 4.67. The predicted octanol–water partition coefficient (Wildman–Crippen LogP) is 2.67. The van der Waals surface area contributed by atoms with Crippen LogP contribution in [-0.2, 0) is 11.2 Å². The maximum Gasteiger partial charge on any atom is 0.227 e. The van der Waals surface area contributed by atoms with Gasteiger partial charge >= 0.3 is 0 Å². The van der Waals surface area contributed by atoms with Crippen LogP contribution in [0.3, 0.4) is 0 Å². The van der Waals surface area contributed by atoms with Crippen LogP contribution in [0.1, 0.15) is 24.1 Å². The second-order valence-corrected chi connectivity index (χ2v) is 6.15. The minimum Gasteiger partial charge on any atom is -0.340 e. The van der Waals surface area contributed by atoms with Crippen LogP contribution in [0.4, 0.5) is 4.39 Å². The Kier molecular flexibility index (Phi) is 5.20. The van der Waals surface area contributed by atoms with E-state index in [-0.39, 0.29) is 17.8 Å². The summed E-state index contributed by atoms with van der Waals surface area (Å²) in [7, 11) is 0. The first-order valence-corrected chi connectivity index (χ1v) is 8.30. The monoisotopic (exact) mass is 327 g/mol. The second-order valence-electron chi connectivity index (χ2n) is 6.15. The molecule has 126 valence electrons. The molecule has 1 aromatic carbocycles. The van der Waals surface area contributed by atoms with E-state index in [1.165, 1.54) is 6.07 Å². The number of hydrogen-bond donors (Lipinski definition) is 0. The molecule has 1 saturated heterocycles. The molecule has 1 aromatic heterocycles. The van der Waals surface area contributed by atoms with E-state index in [0.717, 1.165) is 18.7 Å². The normalized spacial score (nSPS) is 16.8. The van der Waals surface area contributed by atoms with Crippen molar-refractivity contribution in [3.8, 4) is 0 Å². The molecule has 0 radical (unpaired) electrons. The number of amides is 1. The minimum atomic E-state index is -0.166. The van der Waals surface area contributed by atoms with Gasteiger partial charge < -0.3 is 4.90 Å². The van der Waals surface area contributed by atoms with Crippen molar-refractivity contribution in [2.45, 2.75) is 19.4 Å². The van der Waals surface area contributed by atoms with Crippen LogP contribution in [0.25, 0.3) is 0 Å². The zero-order valence-corrected chi connectivity index (χ0v) is 13.9. The first kappa shape index (κ1) is 16.6. The number of nitrogens with zero attached hydrogens (tertiary/aromatic N) is 3. The van der Waals surface area contributed by atoms with Crippen molar-refractivity contribution in [2.24, 2.45) is 0 Å². The molecule has 0 saturated carbocycles. The van der Waals surface area contributed by atoms with Gasteiger partial charge in [-0.05, 0) is 30.7 Å². The van der Waals surface area contributed by atoms with Crippen molar-refractivity contribution in [3.63, 3.8) is 0 Å². The van der Waals surface area contributed by atoms with E-state index >= 15 is 0 Å². The molecule has 0 bridgehead atoms. The first-order chi connectivity index (χ1) is 11.6. The van der Waals surface area contributed by atoms with E-state index in [2.05, 4.69) is 9.88 Å². The molecule has 4 nitrogen and oxygen atoms in total. The van der Waals surface area contributed by atoms with E-state index in [1.807, 2.05) is 36.1 Å². The summed E-state index contributed by atoms with van der Waals surface area (Å²) < 4.78 is 13.9. The van der Waals surface area contributed by atoms with Crippen LogP contribution in [-0.4, -0.2) is 46.9 Å². The van der Waals surface area contributed by atoms with Crippen molar-refractivity contribution in [2.75, 3.05) is 26.2 Å². The lowest BCUT2D eigenvalue weighted by molar-refractivity contribution is -0.132. The van der Waals surface area contributed by atoms with Gasteiger partial charge in [-0.25, -0.2) is 4.39 Å². The molecule has 1 unspecified atom stereocenters. The fourth-order valence-corrected chi connectivity index (χ4v) is 3.16. The summed E-state index contributed by atoms with van der Waals surface area (Å²) in [5, 5.41) is 0. The van der Waals surface area contributed by atoms with Gasteiger partial charge in [0.25, 0.3) is 0 Å². The lowest BCUT2D eigenvalue weighted by Gasteiger charge is -2.38. The average molecular weight is 327 g/mol. The Morgan fingerprint density at radius 3 is 2.46 bits per heavy atom. The number of hydrogen-bond acceptors (Lipinski definition) is 3. The second kappa shape index (κ2) is 7.53. The van der Waals surface area contributed by atoms with E-state index in [1.54, 1.807) is 18.5 Å². The van der Waals surface area contributed by atoms with Gasteiger partial charge in [0, 0.05) is 50.2 Å². The number of aromatic nitrogens is 1. The molecule has 2 heterocycles. The van der Waals surface area contributed by atoms with Crippen molar-refractivity contribution < 1.29 is 9.18 Å². The molecular formula is C19H22FN3O. The Balaban J connectivity index is 1.56. The van der Waals surface area contributed by atoms with E-state index in [4.69, 9.17) is 0 Å². The molecule has 0 aliphatic carbocycles. The topological polar surface area (TPSA) is 36.4 Å². The Morgan fingerprint density at radius 1 is 1.12 bits per heavy atom. The maximum atomic E-state index is 13.9. The quantitative estimate of drug-likeness (QED) is 0.866. The summed E-state index contributed by atoms with van der Waals surface area (Å²) in [4.78, 5) is 20.5. The van der Waals surface area contributed by atoms with E-state index in [9.17, 15) is 9.18 Å². The van der Waals surface area contributed by atoms with Crippen LogP contribution >= 0.6 is 0 Å². The van der Waals surface area contributed by atoms with Crippen LogP contribution in [0, 0.1) is 5.82 Å². The molecule has 2 aromatic rings. The summed E-state index contributed by atoms with van der Waals surface area (Å²) in [6.45, 7) is 4.91. The van der Waals surface area contributed by atoms with Gasteiger partial charge in [0.2, 0.25) is 5.91 Å². The zero-order chi connectivity index (χ0) is 16.9. The molecule has 1 amide bonds.